The second kappa shape index (κ2) is 9.67. The first-order valence-corrected chi connectivity index (χ1v) is 11.7. The van der Waals surface area contributed by atoms with Crippen molar-refractivity contribution in [2.75, 3.05) is 7.11 Å². The summed E-state index contributed by atoms with van der Waals surface area (Å²) in [4.78, 5) is 16.1. The van der Waals surface area contributed by atoms with Gasteiger partial charge in [-0.15, -0.1) is 10.2 Å². The number of fused-ring (bicyclic) bond motifs is 2. The van der Waals surface area contributed by atoms with E-state index in [4.69, 9.17) is 4.74 Å². The zero-order valence-electron chi connectivity index (χ0n) is 19.2. The van der Waals surface area contributed by atoms with E-state index in [2.05, 4.69) is 25.1 Å². The van der Waals surface area contributed by atoms with Gasteiger partial charge >= 0.3 is 0 Å². The lowest BCUT2D eigenvalue weighted by Crippen LogP contribution is -2.25. The Morgan fingerprint density at radius 2 is 2.00 bits per heavy atom. The molecule has 0 saturated carbocycles. The maximum atomic E-state index is 14.0. The molecule has 2 N–H and O–H groups in total. The van der Waals surface area contributed by atoms with Crippen molar-refractivity contribution < 1.29 is 13.9 Å². The van der Waals surface area contributed by atoms with Crippen molar-refractivity contribution in [3.05, 3.63) is 65.5 Å². The Hall–Kier alpha value is -3.68. The number of benzene rings is 2. The Morgan fingerprint density at radius 1 is 1.15 bits per heavy atom. The van der Waals surface area contributed by atoms with E-state index in [1.54, 1.807) is 13.2 Å². The first-order valence-electron chi connectivity index (χ1n) is 11.7. The van der Waals surface area contributed by atoms with Gasteiger partial charge in [0, 0.05) is 36.0 Å². The number of carbonyl (C=O) groups is 1. The second-order valence-electron chi connectivity index (χ2n) is 8.67. The molecule has 8 heteroatoms. The molecule has 4 aromatic rings. The van der Waals surface area contributed by atoms with E-state index in [-0.39, 0.29) is 18.1 Å². The molecule has 0 unspecified atom stereocenters. The largest absolute Gasteiger partial charge is 0.497 e. The van der Waals surface area contributed by atoms with E-state index >= 15 is 0 Å². The molecular weight excluding hydrogens is 433 g/mol. The Labute approximate surface area is 197 Å². The number of amides is 1. The van der Waals surface area contributed by atoms with Gasteiger partial charge < -0.3 is 19.6 Å². The highest BCUT2D eigenvalue weighted by Gasteiger charge is 2.17. The number of H-pyrrole nitrogens is 1. The van der Waals surface area contributed by atoms with Gasteiger partial charge in [-0.25, -0.2) is 4.39 Å². The Morgan fingerprint density at radius 3 is 2.82 bits per heavy atom. The van der Waals surface area contributed by atoms with Crippen LogP contribution in [-0.2, 0) is 30.7 Å². The Balaban J connectivity index is 1.32. The fourth-order valence-corrected chi connectivity index (χ4v) is 4.66. The number of carbonyl (C=O) groups excluding carboxylic acids is 1. The molecule has 3 heterocycles. The molecule has 5 rings (SSSR count). The molecule has 176 valence electrons. The number of hydrogen-bond donors (Lipinski definition) is 2. The number of rotatable bonds is 7. The molecule has 1 aliphatic rings. The highest BCUT2D eigenvalue weighted by molar-refractivity contribution is 5.91. The molecule has 0 fully saturated rings. The van der Waals surface area contributed by atoms with Crippen LogP contribution in [0.2, 0.25) is 0 Å². The number of aromatic nitrogens is 4. The molecule has 2 aromatic carbocycles. The van der Waals surface area contributed by atoms with Gasteiger partial charge in [-0.2, -0.15) is 0 Å². The standard InChI is InChI=1S/C26H28FN5O2/c1-34-19-9-6-17(7-10-19)26-20(21-15-18(27)8-12-22(21)29-26)11-13-25(33)28-16-24-31-30-23-5-3-2-4-14-32(23)24/h6-10,12,15,29H,2-5,11,13-14,16H2,1H3,(H,28,33). The van der Waals surface area contributed by atoms with Crippen LogP contribution in [0.3, 0.4) is 0 Å². The number of ether oxygens (including phenoxy) is 1. The molecule has 7 nitrogen and oxygen atoms in total. The molecule has 1 aliphatic heterocycles. The van der Waals surface area contributed by atoms with E-state index in [1.807, 2.05) is 24.3 Å². The fraction of sp³-hybridized carbons (Fsp3) is 0.346. The van der Waals surface area contributed by atoms with Crippen molar-refractivity contribution >= 4 is 16.8 Å². The minimum Gasteiger partial charge on any atom is -0.497 e. The summed E-state index contributed by atoms with van der Waals surface area (Å²) < 4.78 is 21.4. The number of aryl methyl sites for hydroxylation is 2. The van der Waals surface area contributed by atoms with Crippen LogP contribution < -0.4 is 10.1 Å². The van der Waals surface area contributed by atoms with Gasteiger partial charge in [-0.3, -0.25) is 4.79 Å². The van der Waals surface area contributed by atoms with Crippen LogP contribution in [0.5, 0.6) is 5.75 Å². The van der Waals surface area contributed by atoms with Crippen LogP contribution in [0.15, 0.2) is 42.5 Å². The van der Waals surface area contributed by atoms with Crippen molar-refractivity contribution in [3.8, 4) is 17.0 Å². The molecular formula is C26H28FN5O2. The number of halogens is 1. The third kappa shape index (κ3) is 4.53. The lowest BCUT2D eigenvalue weighted by atomic mass is 10.0. The molecule has 0 saturated heterocycles. The molecule has 0 bridgehead atoms. The quantitative estimate of drug-likeness (QED) is 0.423. The third-order valence-electron chi connectivity index (χ3n) is 6.48. The summed E-state index contributed by atoms with van der Waals surface area (Å²) in [5.41, 5.74) is 3.61. The summed E-state index contributed by atoms with van der Waals surface area (Å²) in [5.74, 6) is 2.20. The topological polar surface area (TPSA) is 84.8 Å². The lowest BCUT2D eigenvalue weighted by Gasteiger charge is -2.09. The molecule has 2 aromatic heterocycles. The minimum atomic E-state index is -0.300. The van der Waals surface area contributed by atoms with Gasteiger partial charge in [0.2, 0.25) is 5.91 Å². The maximum Gasteiger partial charge on any atom is 0.220 e. The van der Waals surface area contributed by atoms with Crippen molar-refractivity contribution in [2.45, 2.75) is 51.6 Å². The molecule has 0 aliphatic carbocycles. The average molecular weight is 462 g/mol. The monoisotopic (exact) mass is 461 g/mol. The number of methoxy groups -OCH3 is 1. The summed E-state index contributed by atoms with van der Waals surface area (Å²) >= 11 is 0. The smallest absolute Gasteiger partial charge is 0.220 e. The van der Waals surface area contributed by atoms with Crippen LogP contribution >= 0.6 is 0 Å². The van der Waals surface area contributed by atoms with Crippen LogP contribution in [0.25, 0.3) is 22.2 Å². The number of nitrogens with one attached hydrogen (secondary N) is 2. The zero-order chi connectivity index (χ0) is 23.5. The summed E-state index contributed by atoms with van der Waals surface area (Å²) in [7, 11) is 1.63. The van der Waals surface area contributed by atoms with E-state index in [0.29, 0.717) is 13.0 Å². The van der Waals surface area contributed by atoms with Crippen LogP contribution in [0.4, 0.5) is 4.39 Å². The van der Waals surface area contributed by atoms with Gasteiger partial charge in [0.25, 0.3) is 0 Å². The minimum absolute atomic E-state index is 0.0718. The number of nitrogens with zero attached hydrogens (tertiary/aromatic N) is 3. The van der Waals surface area contributed by atoms with Gasteiger partial charge in [0.15, 0.2) is 5.82 Å². The highest BCUT2D eigenvalue weighted by atomic mass is 19.1. The highest BCUT2D eigenvalue weighted by Crippen LogP contribution is 2.32. The first-order chi connectivity index (χ1) is 16.6. The lowest BCUT2D eigenvalue weighted by molar-refractivity contribution is -0.121. The Bertz CT molecular complexity index is 1310. The first kappa shape index (κ1) is 22.1. The summed E-state index contributed by atoms with van der Waals surface area (Å²) in [6.45, 7) is 1.26. The predicted molar refractivity (Wildman–Crippen MR) is 128 cm³/mol. The van der Waals surface area contributed by atoms with E-state index in [1.165, 1.54) is 18.6 Å². The fourth-order valence-electron chi connectivity index (χ4n) is 4.66. The van der Waals surface area contributed by atoms with Crippen molar-refractivity contribution in [3.63, 3.8) is 0 Å². The van der Waals surface area contributed by atoms with Gasteiger partial charge in [0.05, 0.1) is 13.7 Å². The zero-order valence-corrected chi connectivity index (χ0v) is 19.2. The third-order valence-corrected chi connectivity index (χ3v) is 6.48. The van der Waals surface area contributed by atoms with Gasteiger partial charge in [0.1, 0.15) is 17.4 Å². The van der Waals surface area contributed by atoms with E-state index in [0.717, 1.165) is 70.9 Å². The maximum absolute atomic E-state index is 14.0. The normalized spacial score (nSPS) is 13.5. The predicted octanol–water partition coefficient (Wildman–Crippen LogP) is 4.55. The van der Waals surface area contributed by atoms with Crippen molar-refractivity contribution in [1.82, 2.24) is 25.1 Å². The van der Waals surface area contributed by atoms with Crippen LogP contribution in [0, 0.1) is 5.82 Å². The van der Waals surface area contributed by atoms with E-state index < -0.39 is 0 Å². The van der Waals surface area contributed by atoms with Crippen molar-refractivity contribution in [1.29, 1.82) is 0 Å². The average Bonchev–Trinajstić information content (AvgIpc) is 3.32. The van der Waals surface area contributed by atoms with Crippen LogP contribution in [0.1, 0.15) is 42.9 Å². The molecule has 0 radical (unpaired) electrons. The summed E-state index contributed by atoms with van der Waals surface area (Å²) in [6.07, 6.45) is 5.13. The number of aromatic amines is 1. The van der Waals surface area contributed by atoms with Gasteiger partial charge in [-0.1, -0.05) is 6.42 Å². The van der Waals surface area contributed by atoms with Gasteiger partial charge in [-0.05, 0) is 72.9 Å². The van der Waals surface area contributed by atoms with Crippen LogP contribution in [-0.4, -0.2) is 32.8 Å². The molecule has 34 heavy (non-hydrogen) atoms. The van der Waals surface area contributed by atoms with Crippen molar-refractivity contribution in [2.24, 2.45) is 0 Å². The molecule has 1 amide bonds. The summed E-state index contributed by atoms with van der Waals surface area (Å²) in [5, 5.41) is 12.4. The Kier molecular flexibility index (Phi) is 6.29. The number of hydrogen-bond acceptors (Lipinski definition) is 4. The molecule has 0 spiro atoms. The second-order valence-corrected chi connectivity index (χ2v) is 8.67. The van der Waals surface area contributed by atoms with E-state index in [9.17, 15) is 9.18 Å². The summed E-state index contributed by atoms with van der Waals surface area (Å²) in [6, 6.07) is 12.4. The SMILES string of the molecule is COc1ccc(-c2[nH]c3ccc(F)cc3c2CCC(=O)NCc2nnc3n2CCCCC3)cc1. The molecule has 0 atom stereocenters.